The number of ether oxygens (including phenoxy) is 1. The summed E-state index contributed by atoms with van der Waals surface area (Å²) in [5, 5.41) is 12.9. The molecule has 10 nitrogen and oxygen atoms in total. The first kappa shape index (κ1) is 22.9. The Morgan fingerprint density at radius 1 is 1.24 bits per heavy atom. The van der Waals surface area contributed by atoms with Crippen molar-refractivity contribution in [3.8, 4) is 23.2 Å². The zero-order valence-corrected chi connectivity index (χ0v) is 19.2. The van der Waals surface area contributed by atoms with E-state index in [2.05, 4.69) is 49.7 Å². The number of hydrogen-bond acceptors (Lipinski definition) is 10. The van der Waals surface area contributed by atoms with E-state index in [0.29, 0.717) is 34.3 Å². The lowest BCUT2D eigenvalue weighted by Gasteiger charge is -2.38. The van der Waals surface area contributed by atoms with Crippen LogP contribution in [0.15, 0.2) is 43.4 Å². The van der Waals surface area contributed by atoms with Crippen molar-refractivity contribution in [1.82, 2.24) is 19.9 Å². The van der Waals surface area contributed by atoms with E-state index in [1.165, 1.54) is 13.3 Å². The Kier molecular flexibility index (Phi) is 6.30. The molecule has 10 heteroatoms. The Morgan fingerprint density at radius 3 is 2.71 bits per heavy atom. The lowest BCUT2D eigenvalue weighted by molar-refractivity contribution is 0.364. The SMILES string of the molecule is C=C(Nc1ncccc1N1CCC(C)(N)CC1)c1nc(-c2nccc(OC)c2C#N)cnc1N. The highest BCUT2D eigenvalue weighted by Crippen LogP contribution is 2.32. The van der Waals surface area contributed by atoms with Crippen LogP contribution >= 0.6 is 0 Å². The minimum atomic E-state index is -0.156. The van der Waals surface area contributed by atoms with Gasteiger partial charge in [0.1, 0.15) is 34.5 Å². The van der Waals surface area contributed by atoms with Gasteiger partial charge in [0.05, 0.1) is 24.7 Å². The van der Waals surface area contributed by atoms with Gasteiger partial charge in [0.15, 0.2) is 11.6 Å². The van der Waals surface area contributed by atoms with Crippen molar-refractivity contribution in [1.29, 1.82) is 5.26 Å². The fourth-order valence-corrected chi connectivity index (χ4v) is 3.86. The van der Waals surface area contributed by atoms with Gasteiger partial charge in [-0.1, -0.05) is 6.58 Å². The van der Waals surface area contributed by atoms with Crippen LogP contribution < -0.4 is 26.4 Å². The lowest BCUT2D eigenvalue weighted by Crippen LogP contribution is -2.48. The Hall–Kier alpha value is -4.23. The molecule has 0 unspecified atom stereocenters. The number of anilines is 3. The van der Waals surface area contributed by atoms with E-state index in [1.807, 2.05) is 12.1 Å². The summed E-state index contributed by atoms with van der Waals surface area (Å²) in [6.45, 7) is 7.86. The predicted octanol–water partition coefficient (Wildman–Crippen LogP) is 2.80. The van der Waals surface area contributed by atoms with Crippen LogP contribution in [0.2, 0.25) is 0 Å². The van der Waals surface area contributed by atoms with Crippen molar-refractivity contribution in [2.45, 2.75) is 25.3 Å². The molecule has 0 atom stereocenters. The molecule has 0 saturated carbocycles. The number of nitrogens with two attached hydrogens (primary N) is 2. The molecule has 1 saturated heterocycles. The summed E-state index contributed by atoms with van der Waals surface area (Å²) < 4.78 is 5.28. The summed E-state index contributed by atoms with van der Waals surface area (Å²) in [5.41, 5.74) is 15.0. The summed E-state index contributed by atoms with van der Waals surface area (Å²) in [4.78, 5) is 19.9. The third-order valence-electron chi connectivity index (χ3n) is 5.88. The van der Waals surface area contributed by atoms with Gasteiger partial charge in [-0.25, -0.2) is 15.0 Å². The summed E-state index contributed by atoms with van der Waals surface area (Å²) in [7, 11) is 1.49. The number of nitrogens with one attached hydrogen (secondary N) is 1. The average molecular weight is 458 g/mol. The Labute approximate surface area is 198 Å². The first-order chi connectivity index (χ1) is 16.3. The molecule has 1 aliphatic heterocycles. The zero-order chi connectivity index (χ0) is 24.3. The van der Waals surface area contributed by atoms with Gasteiger partial charge in [0.2, 0.25) is 0 Å². The van der Waals surface area contributed by atoms with Crippen LogP contribution in [0.4, 0.5) is 17.3 Å². The number of hydrogen-bond donors (Lipinski definition) is 3. The van der Waals surface area contributed by atoms with Crippen LogP contribution in [-0.4, -0.2) is 45.7 Å². The van der Waals surface area contributed by atoms with Crippen molar-refractivity contribution in [3.05, 3.63) is 54.6 Å². The molecule has 0 bridgehead atoms. The van der Waals surface area contributed by atoms with Gasteiger partial charge in [-0.15, -0.1) is 0 Å². The third kappa shape index (κ3) is 4.60. The van der Waals surface area contributed by atoms with Gasteiger partial charge in [-0.05, 0) is 38.0 Å². The molecular weight excluding hydrogens is 430 g/mol. The van der Waals surface area contributed by atoms with E-state index in [9.17, 15) is 5.26 Å². The van der Waals surface area contributed by atoms with E-state index in [1.54, 1.807) is 18.5 Å². The van der Waals surface area contributed by atoms with Crippen molar-refractivity contribution >= 4 is 23.0 Å². The first-order valence-corrected chi connectivity index (χ1v) is 10.8. The normalized spacial score (nSPS) is 14.8. The van der Waals surface area contributed by atoms with Crippen molar-refractivity contribution in [2.24, 2.45) is 5.73 Å². The first-order valence-electron chi connectivity index (χ1n) is 10.8. The van der Waals surface area contributed by atoms with E-state index in [-0.39, 0.29) is 16.9 Å². The second-order valence-electron chi connectivity index (χ2n) is 8.45. The second kappa shape index (κ2) is 9.33. The number of piperidine rings is 1. The molecule has 0 radical (unpaired) electrons. The number of rotatable bonds is 6. The Balaban J connectivity index is 1.63. The molecule has 3 aromatic rings. The van der Waals surface area contributed by atoms with Gasteiger partial charge in [0, 0.05) is 31.0 Å². The molecule has 34 heavy (non-hydrogen) atoms. The standard InChI is InChI=1S/C24H27N9O/c1-15(31-23-18(5-4-9-29-23)33-11-7-24(2,27)8-12-33)20-22(26)30-14-17(32-20)21-16(13-25)19(34-3)6-10-28-21/h4-6,9-10,14H,1,7-8,11-12,27H2,2-3H3,(H2,26,30)(H,29,31). The lowest BCUT2D eigenvalue weighted by atomic mass is 9.91. The van der Waals surface area contributed by atoms with Crippen LogP contribution in [0.3, 0.4) is 0 Å². The minimum absolute atomic E-state index is 0.156. The van der Waals surface area contributed by atoms with Crippen molar-refractivity contribution in [2.75, 3.05) is 36.1 Å². The van der Waals surface area contributed by atoms with Gasteiger partial charge in [-0.2, -0.15) is 5.26 Å². The fraction of sp³-hybridized carbons (Fsp3) is 0.292. The molecule has 0 amide bonds. The van der Waals surface area contributed by atoms with E-state index in [4.69, 9.17) is 16.2 Å². The minimum Gasteiger partial charge on any atom is -0.495 e. The Morgan fingerprint density at radius 2 is 2.00 bits per heavy atom. The van der Waals surface area contributed by atoms with Gasteiger partial charge in [0.25, 0.3) is 0 Å². The molecular formula is C24H27N9O. The maximum atomic E-state index is 9.61. The fourth-order valence-electron chi connectivity index (χ4n) is 3.86. The average Bonchev–Trinajstić information content (AvgIpc) is 2.84. The maximum Gasteiger partial charge on any atom is 0.154 e. The third-order valence-corrected chi connectivity index (χ3v) is 5.88. The molecule has 4 rings (SSSR count). The molecule has 0 aliphatic carbocycles. The zero-order valence-electron chi connectivity index (χ0n) is 19.2. The molecule has 0 spiro atoms. The van der Waals surface area contributed by atoms with Gasteiger partial charge < -0.3 is 26.4 Å². The number of nitrogen functional groups attached to an aromatic ring is 1. The highest BCUT2D eigenvalue weighted by atomic mass is 16.5. The van der Waals surface area contributed by atoms with Crippen molar-refractivity contribution in [3.63, 3.8) is 0 Å². The second-order valence-corrected chi connectivity index (χ2v) is 8.45. The quantitative estimate of drug-likeness (QED) is 0.504. The number of pyridine rings is 2. The molecule has 1 fully saturated rings. The number of nitriles is 1. The van der Waals surface area contributed by atoms with Gasteiger partial charge in [-0.3, -0.25) is 4.98 Å². The largest absolute Gasteiger partial charge is 0.495 e. The number of nitrogens with zero attached hydrogens (tertiary/aromatic N) is 6. The monoisotopic (exact) mass is 457 g/mol. The molecule has 174 valence electrons. The van der Waals surface area contributed by atoms with E-state index in [0.717, 1.165) is 31.6 Å². The summed E-state index contributed by atoms with van der Waals surface area (Å²) in [6.07, 6.45) is 6.50. The van der Waals surface area contributed by atoms with Gasteiger partial charge >= 0.3 is 0 Å². The molecule has 1 aliphatic rings. The van der Waals surface area contributed by atoms with Crippen LogP contribution in [0.5, 0.6) is 5.75 Å². The highest BCUT2D eigenvalue weighted by Gasteiger charge is 2.27. The van der Waals surface area contributed by atoms with Crippen LogP contribution in [0, 0.1) is 11.3 Å². The summed E-state index contributed by atoms with van der Waals surface area (Å²) in [6, 6.07) is 7.63. The van der Waals surface area contributed by atoms with Crippen molar-refractivity contribution < 1.29 is 4.74 Å². The summed E-state index contributed by atoms with van der Waals surface area (Å²) in [5.74, 6) is 1.23. The molecule has 0 aromatic carbocycles. The maximum absolute atomic E-state index is 9.61. The number of aromatic nitrogens is 4. The van der Waals surface area contributed by atoms with E-state index >= 15 is 0 Å². The van der Waals surface area contributed by atoms with Crippen LogP contribution in [0.25, 0.3) is 17.1 Å². The van der Waals surface area contributed by atoms with E-state index < -0.39 is 0 Å². The molecule has 5 N–H and O–H groups in total. The van der Waals surface area contributed by atoms with Crippen LogP contribution in [-0.2, 0) is 0 Å². The Bertz CT molecular complexity index is 1260. The predicted molar refractivity (Wildman–Crippen MR) is 132 cm³/mol. The molecule has 4 heterocycles. The highest BCUT2D eigenvalue weighted by molar-refractivity contribution is 5.82. The number of methoxy groups -OCH3 is 1. The topological polar surface area (TPSA) is 152 Å². The summed E-state index contributed by atoms with van der Waals surface area (Å²) >= 11 is 0. The van der Waals surface area contributed by atoms with Crippen LogP contribution in [0.1, 0.15) is 31.0 Å². The molecule has 3 aromatic heterocycles. The smallest absolute Gasteiger partial charge is 0.154 e.